The summed E-state index contributed by atoms with van der Waals surface area (Å²) < 4.78 is 2.12. The second-order valence-electron chi connectivity index (χ2n) is 4.54. The number of nitrogens with zero attached hydrogens (tertiary/aromatic N) is 2. The Kier molecular flexibility index (Phi) is 3.68. The van der Waals surface area contributed by atoms with Gasteiger partial charge in [-0.2, -0.15) is 0 Å². The van der Waals surface area contributed by atoms with E-state index in [1.165, 1.54) is 0 Å². The molecule has 4 heteroatoms. The molecule has 1 aromatic heterocycles. The number of rotatable bonds is 3. The van der Waals surface area contributed by atoms with Gasteiger partial charge in [-0.25, -0.2) is 4.98 Å². The van der Waals surface area contributed by atoms with Crippen LogP contribution in [-0.4, -0.2) is 9.55 Å². The maximum atomic E-state index is 6.28. The molecular weight excluding hydrogens is 291 g/mol. The van der Waals surface area contributed by atoms with Crippen LogP contribution < -0.4 is 0 Å². The maximum Gasteiger partial charge on any atom is 0.114 e. The lowest BCUT2D eigenvalue weighted by atomic mass is 10.2. The predicted octanol–water partition coefficient (Wildman–Crippen LogP) is 4.78. The molecule has 2 aromatic carbocycles. The molecule has 101 valence electrons. The van der Waals surface area contributed by atoms with Gasteiger partial charge < -0.3 is 0 Å². The highest BCUT2D eigenvalue weighted by molar-refractivity contribution is 6.33. The third kappa shape index (κ3) is 2.19. The third-order valence-electron chi connectivity index (χ3n) is 3.30. The zero-order valence-corrected chi connectivity index (χ0v) is 12.5. The van der Waals surface area contributed by atoms with Gasteiger partial charge in [-0.1, -0.05) is 30.7 Å². The van der Waals surface area contributed by atoms with Crippen LogP contribution >= 0.6 is 23.2 Å². The number of hydrogen-bond acceptors (Lipinski definition) is 1. The van der Waals surface area contributed by atoms with Crippen molar-refractivity contribution in [3.8, 4) is 5.69 Å². The first kappa shape index (κ1) is 13.5. The molecule has 0 spiro atoms. The molecule has 0 aliphatic rings. The minimum atomic E-state index is 0.391. The second-order valence-corrected chi connectivity index (χ2v) is 5.22. The highest BCUT2D eigenvalue weighted by atomic mass is 35.5. The molecule has 3 rings (SSSR count). The van der Waals surface area contributed by atoms with Crippen molar-refractivity contribution < 1.29 is 0 Å². The largest absolute Gasteiger partial charge is 0.296 e. The van der Waals surface area contributed by atoms with Crippen molar-refractivity contribution >= 4 is 34.2 Å². The highest BCUT2D eigenvalue weighted by Gasteiger charge is 2.13. The van der Waals surface area contributed by atoms with E-state index < -0.39 is 0 Å². The fraction of sp³-hybridized carbons (Fsp3) is 0.188. The van der Waals surface area contributed by atoms with Gasteiger partial charge in [-0.15, -0.1) is 11.6 Å². The van der Waals surface area contributed by atoms with Crippen LogP contribution in [0.15, 0.2) is 36.4 Å². The summed E-state index contributed by atoms with van der Waals surface area (Å²) in [6.45, 7) is 2.09. The average molecular weight is 304 g/mol. The van der Waals surface area contributed by atoms with Crippen LogP contribution in [0.25, 0.3) is 16.7 Å². The summed E-state index contributed by atoms with van der Waals surface area (Å²) in [7, 11) is 0. The van der Waals surface area contributed by atoms with E-state index in [0.717, 1.165) is 34.5 Å². The molecule has 1 radical (unpaired) electrons. The van der Waals surface area contributed by atoms with Crippen LogP contribution in [0, 0.1) is 6.07 Å². The summed E-state index contributed by atoms with van der Waals surface area (Å²) in [5.41, 5.74) is 3.88. The number of aromatic nitrogens is 2. The molecule has 0 saturated carbocycles. The third-order valence-corrected chi connectivity index (χ3v) is 3.94. The lowest BCUT2D eigenvalue weighted by molar-refractivity contribution is 0.908. The Hall–Kier alpha value is -1.51. The summed E-state index contributed by atoms with van der Waals surface area (Å²) in [4.78, 5) is 4.69. The summed E-state index contributed by atoms with van der Waals surface area (Å²) in [6, 6.07) is 14.8. The Labute approximate surface area is 128 Å². The highest BCUT2D eigenvalue weighted by Crippen LogP contribution is 2.28. The van der Waals surface area contributed by atoms with E-state index in [0.29, 0.717) is 10.9 Å². The molecule has 0 unspecified atom stereocenters. The number of imidazole rings is 1. The molecule has 0 aliphatic carbocycles. The fourth-order valence-corrected chi connectivity index (χ4v) is 2.86. The monoisotopic (exact) mass is 303 g/mol. The standard InChI is InChI=1S/C16H13Cl2N2/c1-2-16-19-14-8-11(10-17)13(18)9-15(14)20(16)12-6-4-3-5-7-12/h3-4,6-9H,2,10H2,1H3. The van der Waals surface area contributed by atoms with Crippen LogP contribution in [0.4, 0.5) is 0 Å². The maximum absolute atomic E-state index is 6.28. The summed E-state index contributed by atoms with van der Waals surface area (Å²) in [5, 5.41) is 0.677. The first-order valence-corrected chi connectivity index (χ1v) is 7.38. The van der Waals surface area contributed by atoms with E-state index in [2.05, 4.69) is 22.5 Å². The fourth-order valence-electron chi connectivity index (χ4n) is 2.34. The molecule has 0 aliphatic heterocycles. The molecule has 3 aromatic rings. The van der Waals surface area contributed by atoms with Gasteiger partial charge in [0.05, 0.1) is 11.0 Å². The van der Waals surface area contributed by atoms with Crippen molar-refractivity contribution in [3.63, 3.8) is 0 Å². The zero-order chi connectivity index (χ0) is 14.1. The van der Waals surface area contributed by atoms with E-state index in [1.54, 1.807) is 0 Å². The normalized spacial score (nSPS) is 11.2. The molecule has 0 bridgehead atoms. The molecule has 0 saturated heterocycles. The van der Waals surface area contributed by atoms with Crippen LogP contribution in [0.2, 0.25) is 5.02 Å². The van der Waals surface area contributed by atoms with Crippen molar-refractivity contribution in [3.05, 3.63) is 58.9 Å². The van der Waals surface area contributed by atoms with Crippen molar-refractivity contribution in [1.82, 2.24) is 9.55 Å². The van der Waals surface area contributed by atoms with E-state index in [4.69, 9.17) is 23.2 Å². The number of halogens is 2. The quantitative estimate of drug-likeness (QED) is 0.637. The predicted molar refractivity (Wildman–Crippen MR) is 83.9 cm³/mol. The lowest BCUT2D eigenvalue weighted by Crippen LogP contribution is -1.99. The lowest BCUT2D eigenvalue weighted by Gasteiger charge is -2.08. The Morgan fingerprint density at radius 3 is 2.85 bits per heavy atom. The van der Waals surface area contributed by atoms with Gasteiger partial charge in [-0.3, -0.25) is 4.57 Å². The summed E-state index contributed by atoms with van der Waals surface area (Å²) in [6.07, 6.45) is 0.845. The first-order valence-electron chi connectivity index (χ1n) is 6.46. The van der Waals surface area contributed by atoms with Gasteiger partial charge in [0, 0.05) is 23.0 Å². The minimum Gasteiger partial charge on any atom is -0.296 e. The van der Waals surface area contributed by atoms with E-state index in [9.17, 15) is 0 Å². The minimum absolute atomic E-state index is 0.391. The van der Waals surface area contributed by atoms with Gasteiger partial charge in [0.2, 0.25) is 0 Å². The molecule has 0 atom stereocenters. The summed E-state index contributed by atoms with van der Waals surface area (Å²) >= 11 is 12.2. The number of aryl methyl sites for hydroxylation is 1. The van der Waals surface area contributed by atoms with Gasteiger partial charge in [-0.05, 0) is 35.9 Å². The Morgan fingerprint density at radius 1 is 1.35 bits per heavy atom. The molecule has 0 N–H and O–H groups in total. The molecule has 1 heterocycles. The van der Waals surface area contributed by atoms with Crippen LogP contribution in [0.5, 0.6) is 0 Å². The Bertz CT molecular complexity index is 748. The van der Waals surface area contributed by atoms with Gasteiger partial charge in [0.15, 0.2) is 0 Å². The van der Waals surface area contributed by atoms with E-state index in [-0.39, 0.29) is 0 Å². The van der Waals surface area contributed by atoms with Crippen molar-refractivity contribution in [2.45, 2.75) is 19.2 Å². The molecule has 0 fully saturated rings. The number of benzene rings is 2. The summed E-state index contributed by atoms with van der Waals surface area (Å²) in [5.74, 6) is 1.39. The second kappa shape index (κ2) is 5.47. The molecule has 20 heavy (non-hydrogen) atoms. The molecule has 2 nitrogen and oxygen atoms in total. The molecular formula is C16H13Cl2N2. The van der Waals surface area contributed by atoms with Gasteiger partial charge >= 0.3 is 0 Å². The first-order chi connectivity index (χ1) is 9.74. The van der Waals surface area contributed by atoms with Crippen LogP contribution in [0.3, 0.4) is 0 Å². The van der Waals surface area contributed by atoms with E-state index in [1.807, 2.05) is 36.4 Å². The number of alkyl halides is 1. The van der Waals surface area contributed by atoms with Gasteiger partial charge in [0.1, 0.15) is 5.82 Å². The smallest absolute Gasteiger partial charge is 0.114 e. The SMILES string of the molecule is CCc1nc2cc(CCl)c(Cl)cc2n1-c1c[c]ccc1. The van der Waals surface area contributed by atoms with Crippen LogP contribution in [-0.2, 0) is 12.3 Å². The topological polar surface area (TPSA) is 17.8 Å². The molecule has 0 amide bonds. The van der Waals surface area contributed by atoms with Crippen molar-refractivity contribution in [2.75, 3.05) is 0 Å². The van der Waals surface area contributed by atoms with E-state index >= 15 is 0 Å². The van der Waals surface area contributed by atoms with Gasteiger partial charge in [0.25, 0.3) is 0 Å². The Balaban J connectivity index is 2.32. The van der Waals surface area contributed by atoms with Crippen molar-refractivity contribution in [1.29, 1.82) is 0 Å². The number of fused-ring (bicyclic) bond motifs is 1. The van der Waals surface area contributed by atoms with Crippen LogP contribution in [0.1, 0.15) is 18.3 Å². The number of hydrogen-bond donors (Lipinski definition) is 0. The Morgan fingerprint density at radius 2 is 2.20 bits per heavy atom. The average Bonchev–Trinajstić information content (AvgIpc) is 2.84. The van der Waals surface area contributed by atoms with Crippen molar-refractivity contribution in [2.24, 2.45) is 0 Å². The zero-order valence-electron chi connectivity index (χ0n) is 11.0.